The van der Waals surface area contributed by atoms with Crippen LogP contribution in [0.15, 0.2) is 22.7 Å². The molecule has 0 saturated heterocycles. The van der Waals surface area contributed by atoms with Crippen LogP contribution in [0.4, 0.5) is 0 Å². The number of carbonyl (C=O) groups is 2. The Morgan fingerprint density at radius 3 is 2.63 bits per heavy atom. The Labute approximate surface area is 124 Å². The molecule has 19 heavy (non-hydrogen) atoms. The Bertz CT molecular complexity index is 517. The molecule has 1 aromatic rings. The number of carboxylic acid groups (broad SMARTS) is 1. The molecule has 1 saturated carbocycles. The average molecular weight is 347 g/mol. The van der Waals surface area contributed by atoms with Gasteiger partial charge in [-0.3, -0.25) is 9.59 Å². The molecule has 2 rings (SSSR count). The lowest BCUT2D eigenvalue weighted by Gasteiger charge is -2.21. The summed E-state index contributed by atoms with van der Waals surface area (Å²) in [6, 6.07) is 5.19. The van der Waals surface area contributed by atoms with E-state index in [1.807, 2.05) is 0 Å². The number of carbonyl (C=O) groups excluding carboxylic acids is 1. The maximum absolute atomic E-state index is 12.4. The van der Waals surface area contributed by atoms with Crippen molar-refractivity contribution in [3.05, 3.63) is 33.3 Å². The van der Waals surface area contributed by atoms with E-state index in [4.69, 9.17) is 16.7 Å². The molecule has 6 heteroatoms. The van der Waals surface area contributed by atoms with Crippen LogP contribution in [0.2, 0.25) is 5.02 Å². The number of hydrogen-bond acceptors (Lipinski definition) is 2. The minimum Gasteiger partial charge on any atom is -0.481 e. The number of amides is 1. The van der Waals surface area contributed by atoms with E-state index >= 15 is 0 Å². The summed E-state index contributed by atoms with van der Waals surface area (Å²) in [4.78, 5) is 24.6. The van der Waals surface area contributed by atoms with E-state index < -0.39 is 5.97 Å². The first kappa shape index (κ1) is 14.3. The van der Waals surface area contributed by atoms with Gasteiger partial charge in [0.05, 0.1) is 11.4 Å². The van der Waals surface area contributed by atoms with E-state index in [0.717, 1.165) is 17.3 Å². The first-order chi connectivity index (χ1) is 8.99. The Kier molecular flexibility index (Phi) is 4.47. The summed E-state index contributed by atoms with van der Waals surface area (Å²) in [5.74, 6) is -1.05. The number of halogens is 2. The molecule has 0 atom stereocenters. The summed E-state index contributed by atoms with van der Waals surface area (Å²) >= 11 is 9.25. The van der Waals surface area contributed by atoms with Gasteiger partial charge in [-0.25, -0.2) is 0 Å². The number of aliphatic carboxylic acids is 1. The third-order valence-corrected chi connectivity index (χ3v) is 4.21. The van der Waals surface area contributed by atoms with E-state index in [-0.39, 0.29) is 24.9 Å². The molecule has 1 aliphatic carbocycles. The number of hydrogen-bond donors (Lipinski definition) is 1. The van der Waals surface area contributed by atoms with Crippen molar-refractivity contribution in [1.29, 1.82) is 0 Å². The molecular formula is C13H13BrClNO3. The zero-order chi connectivity index (χ0) is 14.0. The second-order valence-electron chi connectivity index (χ2n) is 4.50. The molecule has 4 nitrogen and oxygen atoms in total. The van der Waals surface area contributed by atoms with Gasteiger partial charge in [0.15, 0.2) is 0 Å². The third kappa shape index (κ3) is 3.70. The Hall–Kier alpha value is -1.07. The van der Waals surface area contributed by atoms with Gasteiger partial charge in [0.25, 0.3) is 5.91 Å². The van der Waals surface area contributed by atoms with Crippen molar-refractivity contribution in [3.63, 3.8) is 0 Å². The van der Waals surface area contributed by atoms with Gasteiger partial charge >= 0.3 is 5.97 Å². The molecule has 0 radical (unpaired) electrons. The third-order valence-electron chi connectivity index (χ3n) is 2.98. The summed E-state index contributed by atoms with van der Waals surface area (Å²) < 4.78 is 0.731. The molecule has 1 aliphatic rings. The van der Waals surface area contributed by atoms with Crippen LogP contribution < -0.4 is 0 Å². The van der Waals surface area contributed by atoms with Crippen LogP contribution in [0.1, 0.15) is 29.6 Å². The predicted octanol–water partition coefficient (Wildman–Crippen LogP) is 3.18. The van der Waals surface area contributed by atoms with E-state index in [2.05, 4.69) is 15.9 Å². The number of carboxylic acids is 1. The van der Waals surface area contributed by atoms with E-state index in [0.29, 0.717) is 10.6 Å². The summed E-state index contributed by atoms with van der Waals surface area (Å²) in [6.07, 6.45) is 1.84. The number of benzene rings is 1. The van der Waals surface area contributed by atoms with Gasteiger partial charge < -0.3 is 10.0 Å². The van der Waals surface area contributed by atoms with Crippen molar-refractivity contribution >= 4 is 39.4 Å². The van der Waals surface area contributed by atoms with Crippen molar-refractivity contribution in [2.45, 2.75) is 25.3 Å². The topological polar surface area (TPSA) is 57.6 Å². The molecule has 1 N–H and O–H groups in total. The molecular weight excluding hydrogens is 334 g/mol. The smallest absolute Gasteiger partial charge is 0.305 e. The fourth-order valence-electron chi connectivity index (χ4n) is 1.85. The fourth-order valence-corrected chi connectivity index (χ4v) is 2.27. The van der Waals surface area contributed by atoms with Crippen molar-refractivity contribution in [3.8, 4) is 0 Å². The second kappa shape index (κ2) is 5.92. The van der Waals surface area contributed by atoms with Crippen LogP contribution in [0.3, 0.4) is 0 Å². The summed E-state index contributed by atoms with van der Waals surface area (Å²) in [5.41, 5.74) is 0.491. The zero-order valence-corrected chi connectivity index (χ0v) is 12.4. The predicted molar refractivity (Wildman–Crippen MR) is 75.5 cm³/mol. The van der Waals surface area contributed by atoms with Crippen molar-refractivity contribution in [1.82, 2.24) is 4.90 Å². The molecule has 0 unspecified atom stereocenters. The highest BCUT2D eigenvalue weighted by Crippen LogP contribution is 2.30. The Morgan fingerprint density at radius 2 is 2.11 bits per heavy atom. The van der Waals surface area contributed by atoms with Crippen LogP contribution in [0.5, 0.6) is 0 Å². The molecule has 0 bridgehead atoms. The maximum atomic E-state index is 12.4. The minimum absolute atomic E-state index is 0.0352. The van der Waals surface area contributed by atoms with Gasteiger partial charge in [0.1, 0.15) is 0 Å². The Morgan fingerprint density at radius 1 is 1.42 bits per heavy atom. The number of nitrogens with zero attached hydrogens (tertiary/aromatic N) is 1. The molecule has 1 aromatic carbocycles. The van der Waals surface area contributed by atoms with Crippen molar-refractivity contribution in [2.75, 3.05) is 6.54 Å². The largest absolute Gasteiger partial charge is 0.481 e. The van der Waals surface area contributed by atoms with Gasteiger partial charge in [0, 0.05) is 22.6 Å². The molecule has 0 aliphatic heterocycles. The van der Waals surface area contributed by atoms with Crippen LogP contribution in [-0.2, 0) is 4.79 Å². The lowest BCUT2D eigenvalue weighted by Crippen LogP contribution is -2.35. The molecule has 0 aromatic heterocycles. The molecule has 0 spiro atoms. The van der Waals surface area contributed by atoms with Crippen LogP contribution in [-0.4, -0.2) is 34.5 Å². The number of rotatable bonds is 5. The highest BCUT2D eigenvalue weighted by molar-refractivity contribution is 9.10. The average Bonchev–Trinajstić information content (AvgIpc) is 3.16. The van der Waals surface area contributed by atoms with Crippen molar-refractivity contribution < 1.29 is 14.7 Å². The second-order valence-corrected chi connectivity index (χ2v) is 5.76. The Balaban J connectivity index is 2.14. The van der Waals surface area contributed by atoms with Crippen LogP contribution >= 0.6 is 27.5 Å². The summed E-state index contributed by atoms with van der Waals surface area (Å²) in [6.45, 7) is 0.243. The fraction of sp³-hybridized carbons (Fsp3) is 0.385. The zero-order valence-electron chi connectivity index (χ0n) is 10.1. The lowest BCUT2D eigenvalue weighted by molar-refractivity contribution is -0.137. The lowest BCUT2D eigenvalue weighted by atomic mass is 10.2. The normalized spacial score (nSPS) is 14.2. The molecule has 102 valence electrons. The molecule has 1 fully saturated rings. The summed E-state index contributed by atoms with van der Waals surface area (Å²) in [5, 5.41) is 9.20. The van der Waals surface area contributed by atoms with Gasteiger partial charge in [-0.05, 0) is 47.0 Å². The highest BCUT2D eigenvalue weighted by atomic mass is 79.9. The van der Waals surface area contributed by atoms with Crippen molar-refractivity contribution in [2.24, 2.45) is 0 Å². The quantitative estimate of drug-likeness (QED) is 0.891. The van der Waals surface area contributed by atoms with E-state index in [1.54, 1.807) is 23.1 Å². The van der Waals surface area contributed by atoms with Crippen LogP contribution in [0, 0.1) is 0 Å². The maximum Gasteiger partial charge on any atom is 0.305 e. The van der Waals surface area contributed by atoms with Gasteiger partial charge in [-0.15, -0.1) is 0 Å². The first-order valence-corrected chi connectivity index (χ1v) is 7.14. The van der Waals surface area contributed by atoms with Gasteiger partial charge in [-0.1, -0.05) is 11.6 Å². The standard InChI is InChI=1S/C13H13BrClNO3/c14-10-4-1-8(7-11(10)15)13(19)16(9-2-3-9)6-5-12(17)18/h1,4,7,9H,2-3,5-6H2,(H,17,18). The monoisotopic (exact) mass is 345 g/mol. The molecule has 0 heterocycles. The van der Waals surface area contributed by atoms with Crippen LogP contribution in [0.25, 0.3) is 0 Å². The molecule has 1 amide bonds. The van der Waals surface area contributed by atoms with E-state index in [1.165, 1.54) is 0 Å². The first-order valence-electron chi connectivity index (χ1n) is 5.97. The highest BCUT2D eigenvalue weighted by Gasteiger charge is 2.33. The SMILES string of the molecule is O=C(O)CCN(C(=O)c1ccc(Br)c(Cl)c1)C1CC1. The van der Waals surface area contributed by atoms with Gasteiger partial charge in [0.2, 0.25) is 0 Å². The van der Waals surface area contributed by atoms with Gasteiger partial charge in [-0.2, -0.15) is 0 Å². The summed E-state index contributed by atoms with van der Waals surface area (Å²) in [7, 11) is 0. The minimum atomic E-state index is -0.896. The van der Waals surface area contributed by atoms with E-state index in [9.17, 15) is 9.59 Å².